The standard InChI is InChI=1S/C21H31ClN4O3/c1-16(2)23-21(28)29-17(15-26-9-5-8-20(26)27)14-24-10-12-25(13-11-24)19-7-4-3-6-18(19)22/h3-4,6-7,16-17H,5,8-15H2,1-2H3,(H,23,28). The molecular formula is C21H31ClN4O3. The summed E-state index contributed by atoms with van der Waals surface area (Å²) in [6.07, 6.45) is 0.691. The highest BCUT2D eigenvalue weighted by Gasteiger charge is 2.28. The van der Waals surface area contributed by atoms with Crippen LogP contribution < -0.4 is 10.2 Å². The Hall–Kier alpha value is -1.99. The number of nitrogens with zero attached hydrogens (tertiary/aromatic N) is 3. The highest BCUT2D eigenvalue weighted by molar-refractivity contribution is 6.33. The first-order chi connectivity index (χ1) is 13.9. The van der Waals surface area contributed by atoms with E-state index < -0.39 is 6.09 Å². The molecule has 2 saturated heterocycles. The third-order valence-electron chi connectivity index (χ3n) is 5.30. The third kappa shape index (κ3) is 6.24. The predicted octanol–water partition coefficient (Wildman–Crippen LogP) is 2.59. The third-order valence-corrected chi connectivity index (χ3v) is 5.62. The summed E-state index contributed by atoms with van der Waals surface area (Å²) in [5.41, 5.74) is 1.06. The van der Waals surface area contributed by atoms with E-state index in [0.717, 1.165) is 49.9 Å². The number of carbonyl (C=O) groups is 2. The van der Waals surface area contributed by atoms with E-state index in [1.165, 1.54) is 0 Å². The monoisotopic (exact) mass is 422 g/mol. The molecule has 0 radical (unpaired) electrons. The number of rotatable bonds is 7. The fourth-order valence-corrected chi connectivity index (χ4v) is 4.12. The zero-order valence-corrected chi connectivity index (χ0v) is 18.0. The fraction of sp³-hybridized carbons (Fsp3) is 0.619. The number of hydrogen-bond donors (Lipinski definition) is 1. The van der Waals surface area contributed by atoms with Crippen LogP contribution in [-0.4, -0.2) is 79.8 Å². The summed E-state index contributed by atoms with van der Waals surface area (Å²) in [6, 6.07) is 7.90. The maximum absolute atomic E-state index is 12.2. The molecule has 1 aromatic rings. The number of nitrogens with one attached hydrogen (secondary N) is 1. The number of alkyl carbamates (subject to hydrolysis) is 1. The highest BCUT2D eigenvalue weighted by atomic mass is 35.5. The van der Waals surface area contributed by atoms with Gasteiger partial charge in [0.25, 0.3) is 0 Å². The van der Waals surface area contributed by atoms with Crippen LogP contribution in [0.4, 0.5) is 10.5 Å². The van der Waals surface area contributed by atoms with E-state index >= 15 is 0 Å². The molecule has 2 amide bonds. The molecule has 2 aliphatic heterocycles. The minimum absolute atomic E-state index is 0.00994. The van der Waals surface area contributed by atoms with Gasteiger partial charge >= 0.3 is 6.09 Å². The van der Waals surface area contributed by atoms with Crippen molar-refractivity contribution in [2.75, 3.05) is 50.7 Å². The van der Waals surface area contributed by atoms with Crippen LogP contribution in [0.5, 0.6) is 0 Å². The molecule has 0 aromatic heterocycles. The van der Waals surface area contributed by atoms with Gasteiger partial charge in [0.05, 0.1) is 17.3 Å². The molecule has 160 valence electrons. The van der Waals surface area contributed by atoms with Crippen molar-refractivity contribution in [1.82, 2.24) is 15.1 Å². The highest BCUT2D eigenvalue weighted by Crippen LogP contribution is 2.26. The van der Waals surface area contributed by atoms with Gasteiger partial charge in [-0.05, 0) is 32.4 Å². The Balaban J connectivity index is 1.56. The van der Waals surface area contributed by atoms with Crippen LogP contribution in [0.1, 0.15) is 26.7 Å². The van der Waals surface area contributed by atoms with Crippen LogP contribution >= 0.6 is 11.6 Å². The lowest BCUT2D eigenvalue weighted by Gasteiger charge is -2.38. The predicted molar refractivity (Wildman–Crippen MR) is 114 cm³/mol. The van der Waals surface area contributed by atoms with Crippen molar-refractivity contribution in [3.8, 4) is 0 Å². The molecule has 7 nitrogen and oxygen atoms in total. The number of para-hydroxylation sites is 1. The molecule has 1 unspecified atom stereocenters. The summed E-state index contributed by atoms with van der Waals surface area (Å²) >= 11 is 6.33. The maximum atomic E-state index is 12.2. The minimum Gasteiger partial charge on any atom is -0.443 e. The molecule has 0 aliphatic carbocycles. The molecule has 1 N–H and O–H groups in total. The van der Waals surface area contributed by atoms with Gasteiger partial charge in [-0.25, -0.2) is 4.79 Å². The molecule has 0 saturated carbocycles. The maximum Gasteiger partial charge on any atom is 0.407 e. The van der Waals surface area contributed by atoms with Crippen LogP contribution in [0.2, 0.25) is 5.02 Å². The number of hydrogen-bond acceptors (Lipinski definition) is 5. The topological polar surface area (TPSA) is 65.1 Å². The number of likely N-dealkylation sites (tertiary alicyclic amines) is 1. The molecule has 0 bridgehead atoms. The van der Waals surface area contributed by atoms with E-state index in [0.29, 0.717) is 19.5 Å². The smallest absolute Gasteiger partial charge is 0.407 e. The molecule has 8 heteroatoms. The van der Waals surface area contributed by atoms with Crippen molar-refractivity contribution < 1.29 is 14.3 Å². The van der Waals surface area contributed by atoms with Crippen molar-refractivity contribution in [2.45, 2.75) is 38.8 Å². The quantitative estimate of drug-likeness (QED) is 0.731. The molecule has 2 aliphatic rings. The molecule has 1 aromatic carbocycles. The minimum atomic E-state index is -0.425. The largest absolute Gasteiger partial charge is 0.443 e. The first-order valence-corrected chi connectivity index (χ1v) is 10.8. The second-order valence-electron chi connectivity index (χ2n) is 8.01. The summed E-state index contributed by atoms with van der Waals surface area (Å²) < 4.78 is 5.68. The molecule has 3 rings (SSSR count). The average molecular weight is 423 g/mol. The second-order valence-corrected chi connectivity index (χ2v) is 8.42. The van der Waals surface area contributed by atoms with Gasteiger partial charge in [0.2, 0.25) is 5.91 Å². The van der Waals surface area contributed by atoms with E-state index in [9.17, 15) is 9.59 Å². The van der Waals surface area contributed by atoms with Crippen molar-refractivity contribution in [3.63, 3.8) is 0 Å². The van der Waals surface area contributed by atoms with Crippen LogP contribution in [-0.2, 0) is 9.53 Å². The van der Waals surface area contributed by atoms with Crippen LogP contribution in [0.3, 0.4) is 0 Å². The molecule has 2 fully saturated rings. The molecule has 29 heavy (non-hydrogen) atoms. The molecule has 0 spiro atoms. The van der Waals surface area contributed by atoms with Crippen LogP contribution in [0.15, 0.2) is 24.3 Å². The Labute approximate surface area is 177 Å². The van der Waals surface area contributed by atoms with E-state index in [1.54, 1.807) is 0 Å². The Morgan fingerprint density at radius 2 is 1.86 bits per heavy atom. The molecular weight excluding hydrogens is 392 g/mol. The zero-order chi connectivity index (χ0) is 20.8. The fourth-order valence-electron chi connectivity index (χ4n) is 3.86. The van der Waals surface area contributed by atoms with Gasteiger partial charge in [-0.3, -0.25) is 9.69 Å². The van der Waals surface area contributed by atoms with Gasteiger partial charge in [-0.1, -0.05) is 23.7 Å². The van der Waals surface area contributed by atoms with Gasteiger partial charge in [-0.15, -0.1) is 0 Å². The van der Waals surface area contributed by atoms with Gasteiger partial charge in [-0.2, -0.15) is 0 Å². The number of ether oxygens (including phenoxy) is 1. The lowest BCUT2D eigenvalue weighted by Crippen LogP contribution is -2.51. The zero-order valence-electron chi connectivity index (χ0n) is 17.3. The lowest BCUT2D eigenvalue weighted by molar-refractivity contribution is -0.129. The Morgan fingerprint density at radius 3 is 2.48 bits per heavy atom. The van der Waals surface area contributed by atoms with Gasteiger partial charge in [0.15, 0.2) is 0 Å². The molecule has 1 atom stereocenters. The van der Waals surface area contributed by atoms with E-state index in [2.05, 4.69) is 15.1 Å². The first kappa shape index (κ1) is 21.7. The summed E-state index contributed by atoms with van der Waals surface area (Å²) in [7, 11) is 0. The van der Waals surface area contributed by atoms with E-state index in [1.807, 2.05) is 43.0 Å². The number of carbonyl (C=O) groups excluding carboxylic acids is 2. The Bertz CT molecular complexity index is 707. The Morgan fingerprint density at radius 1 is 1.14 bits per heavy atom. The molecule has 2 heterocycles. The van der Waals surface area contributed by atoms with Crippen molar-refractivity contribution >= 4 is 29.3 Å². The van der Waals surface area contributed by atoms with Crippen molar-refractivity contribution in [1.29, 1.82) is 0 Å². The second kappa shape index (κ2) is 10.2. The number of anilines is 1. The normalized spacial score (nSPS) is 19.0. The number of halogens is 1. The van der Waals surface area contributed by atoms with E-state index in [4.69, 9.17) is 16.3 Å². The van der Waals surface area contributed by atoms with Crippen molar-refractivity contribution in [3.05, 3.63) is 29.3 Å². The summed E-state index contributed by atoms with van der Waals surface area (Å²) in [6.45, 7) is 9.03. The van der Waals surface area contributed by atoms with E-state index in [-0.39, 0.29) is 18.1 Å². The van der Waals surface area contributed by atoms with Gasteiger partial charge in [0, 0.05) is 51.7 Å². The number of piperazine rings is 1. The lowest BCUT2D eigenvalue weighted by atomic mass is 10.2. The average Bonchev–Trinajstić information content (AvgIpc) is 3.07. The summed E-state index contributed by atoms with van der Waals surface area (Å²) in [5, 5.41) is 3.54. The Kier molecular flexibility index (Phi) is 7.61. The number of amides is 2. The van der Waals surface area contributed by atoms with Gasteiger partial charge in [0.1, 0.15) is 6.10 Å². The number of benzene rings is 1. The summed E-state index contributed by atoms with van der Waals surface area (Å²) in [5.74, 6) is 0.145. The SMILES string of the molecule is CC(C)NC(=O)OC(CN1CCN(c2ccccc2Cl)CC1)CN1CCCC1=O. The van der Waals surface area contributed by atoms with Crippen molar-refractivity contribution in [2.24, 2.45) is 0 Å². The van der Waals surface area contributed by atoms with Crippen LogP contribution in [0.25, 0.3) is 0 Å². The first-order valence-electron chi connectivity index (χ1n) is 10.4. The van der Waals surface area contributed by atoms with Crippen LogP contribution in [0, 0.1) is 0 Å². The summed E-state index contributed by atoms with van der Waals surface area (Å²) in [4.78, 5) is 30.6. The van der Waals surface area contributed by atoms with Gasteiger partial charge < -0.3 is 19.9 Å².